The van der Waals surface area contributed by atoms with Crippen molar-refractivity contribution in [2.45, 2.75) is 38.5 Å². The van der Waals surface area contributed by atoms with Crippen molar-refractivity contribution in [1.29, 1.82) is 0 Å². The molecule has 0 unspecified atom stereocenters. The number of amides is 1. The molecule has 0 saturated carbocycles. The Morgan fingerprint density at radius 2 is 1.87 bits per heavy atom. The first-order valence-electron chi connectivity index (χ1n) is 9.94. The highest BCUT2D eigenvalue weighted by Crippen LogP contribution is 2.13. The fraction of sp³-hybridized carbons (Fsp3) is 0.318. The molecule has 9 heteroatoms. The number of hydrogen-bond acceptors (Lipinski definition) is 6. The Morgan fingerprint density at radius 1 is 1.13 bits per heavy atom. The summed E-state index contributed by atoms with van der Waals surface area (Å²) in [6.45, 7) is 2.79. The van der Waals surface area contributed by atoms with Crippen LogP contribution in [0.2, 0.25) is 0 Å². The second kappa shape index (κ2) is 11.0. The fourth-order valence-corrected chi connectivity index (χ4v) is 3.65. The molecule has 0 bridgehead atoms. The maximum Gasteiger partial charge on any atom is 0.272 e. The molecule has 0 saturated heterocycles. The Bertz CT molecular complexity index is 981. The van der Waals surface area contributed by atoms with E-state index >= 15 is 0 Å². The van der Waals surface area contributed by atoms with Gasteiger partial charge in [0.05, 0.1) is 30.1 Å². The molecule has 6 nitrogen and oxygen atoms in total. The molecule has 3 aromatic rings. The van der Waals surface area contributed by atoms with Crippen molar-refractivity contribution >= 4 is 17.6 Å². The molecule has 164 valence electrons. The van der Waals surface area contributed by atoms with Crippen LogP contribution in [0.3, 0.4) is 0 Å². The first kappa shape index (κ1) is 22.9. The van der Waals surface area contributed by atoms with Crippen molar-refractivity contribution in [3.63, 3.8) is 0 Å². The Morgan fingerprint density at radius 3 is 2.55 bits per heavy atom. The zero-order valence-corrected chi connectivity index (χ0v) is 17.8. The summed E-state index contributed by atoms with van der Waals surface area (Å²) >= 11 is 0.891. The molecule has 0 aliphatic rings. The summed E-state index contributed by atoms with van der Waals surface area (Å²) in [7, 11) is 0. The van der Waals surface area contributed by atoms with Gasteiger partial charge < -0.3 is 15.7 Å². The minimum absolute atomic E-state index is 0.0478. The molecule has 31 heavy (non-hydrogen) atoms. The van der Waals surface area contributed by atoms with E-state index in [2.05, 4.69) is 38.4 Å². The van der Waals surface area contributed by atoms with Crippen LogP contribution in [0.4, 0.5) is 8.78 Å². The first-order valence-corrected chi connectivity index (χ1v) is 10.7. The topological polar surface area (TPSA) is 87.1 Å². The molecule has 3 rings (SSSR count). The molecule has 3 N–H and O–H groups in total. The first-order chi connectivity index (χ1) is 14.9. The van der Waals surface area contributed by atoms with E-state index in [0.29, 0.717) is 12.1 Å². The average Bonchev–Trinajstić information content (AvgIpc) is 3.28. The predicted octanol–water partition coefficient (Wildman–Crippen LogP) is 2.87. The van der Waals surface area contributed by atoms with Crippen molar-refractivity contribution in [2.24, 2.45) is 0 Å². The third-order valence-electron chi connectivity index (χ3n) is 4.84. The normalized spacial score (nSPS) is 13.0. The van der Waals surface area contributed by atoms with Crippen LogP contribution in [0.1, 0.15) is 34.1 Å². The molecule has 0 spiro atoms. The maximum absolute atomic E-state index is 13.6. The zero-order chi connectivity index (χ0) is 22.2. The highest BCUT2D eigenvalue weighted by molar-refractivity contribution is 6.99. The number of aryl methyl sites for hydroxylation is 1. The van der Waals surface area contributed by atoms with Crippen LogP contribution in [-0.2, 0) is 19.4 Å². The Balaban J connectivity index is 1.67. The third-order valence-corrected chi connectivity index (χ3v) is 5.31. The van der Waals surface area contributed by atoms with E-state index < -0.39 is 29.7 Å². The van der Waals surface area contributed by atoms with Crippen LogP contribution in [0, 0.1) is 11.6 Å². The van der Waals surface area contributed by atoms with E-state index in [0.717, 1.165) is 29.8 Å². The number of aliphatic hydroxyl groups excluding tert-OH is 1. The van der Waals surface area contributed by atoms with E-state index in [1.807, 2.05) is 12.1 Å². The Labute approximate surface area is 183 Å². The van der Waals surface area contributed by atoms with Gasteiger partial charge in [-0.05, 0) is 41.7 Å². The second-order valence-corrected chi connectivity index (χ2v) is 7.78. The number of nitrogens with one attached hydrogen (secondary N) is 2. The van der Waals surface area contributed by atoms with Crippen LogP contribution in [0.15, 0.2) is 48.7 Å². The summed E-state index contributed by atoms with van der Waals surface area (Å²) in [5, 5.41) is 16.6. The van der Waals surface area contributed by atoms with Crippen molar-refractivity contribution in [2.75, 3.05) is 6.54 Å². The molecule has 0 radical (unpaired) electrons. The van der Waals surface area contributed by atoms with E-state index in [4.69, 9.17) is 0 Å². The molecule has 2 atom stereocenters. The zero-order valence-electron chi connectivity index (χ0n) is 17.0. The number of nitrogens with zero attached hydrogens (tertiary/aromatic N) is 2. The molecule has 0 fully saturated rings. The molecular formula is C22H24F2N4O2S. The van der Waals surface area contributed by atoms with Crippen molar-refractivity contribution in [3.8, 4) is 0 Å². The van der Waals surface area contributed by atoms with Crippen molar-refractivity contribution in [1.82, 2.24) is 19.4 Å². The molecular weight excluding hydrogens is 422 g/mol. The van der Waals surface area contributed by atoms with Gasteiger partial charge in [0.25, 0.3) is 5.91 Å². The summed E-state index contributed by atoms with van der Waals surface area (Å²) in [6, 6.07) is 10.5. The lowest BCUT2D eigenvalue weighted by atomic mass is 10.00. The van der Waals surface area contributed by atoms with E-state index in [-0.39, 0.29) is 18.7 Å². The number of aliphatic hydroxyl groups is 1. The van der Waals surface area contributed by atoms with Gasteiger partial charge in [-0.15, -0.1) is 0 Å². The van der Waals surface area contributed by atoms with Crippen molar-refractivity contribution in [3.05, 3.63) is 82.7 Å². The summed E-state index contributed by atoms with van der Waals surface area (Å²) in [5.41, 5.74) is 2.74. The Hall–Kier alpha value is -2.75. The summed E-state index contributed by atoms with van der Waals surface area (Å²) in [5.74, 6) is -1.94. The van der Waals surface area contributed by atoms with Crippen LogP contribution in [0.5, 0.6) is 0 Å². The van der Waals surface area contributed by atoms with Gasteiger partial charge in [0, 0.05) is 19.2 Å². The maximum atomic E-state index is 13.6. The van der Waals surface area contributed by atoms with Gasteiger partial charge >= 0.3 is 0 Å². The largest absolute Gasteiger partial charge is 0.390 e. The van der Waals surface area contributed by atoms with Gasteiger partial charge in [0.15, 0.2) is 5.69 Å². The predicted molar refractivity (Wildman–Crippen MR) is 115 cm³/mol. The van der Waals surface area contributed by atoms with Gasteiger partial charge in [-0.2, -0.15) is 8.75 Å². The molecule has 0 aliphatic carbocycles. The highest BCUT2D eigenvalue weighted by atomic mass is 32.1. The number of halogens is 2. The molecule has 1 heterocycles. The monoisotopic (exact) mass is 446 g/mol. The number of rotatable bonds is 10. The minimum atomic E-state index is -1.00. The lowest BCUT2D eigenvalue weighted by Gasteiger charge is -2.24. The highest BCUT2D eigenvalue weighted by Gasteiger charge is 2.24. The second-order valence-electron chi connectivity index (χ2n) is 7.23. The van der Waals surface area contributed by atoms with E-state index in [1.165, 1.54) is 23.9 Å². The van der Waals surface area contributed by atoms with Gasteiger partial charge in [0.2, 0.25) is 0 Å². The third kappa shape index (κ3) is 6.88. The van der Waals surface area contributed by atoms with Gasteiger partial charge in [-0.3, -0.25) is 4.79 Å². The standard InChI is InChI=1S/C22H24F2N4O2S/c1-2-14-4-3-5-15(6-14)11-25-13-21(29)19(27-22(30)20-12-26-31-28-20)9-16-7-17(23)10-18(24)8-16/h3-8,10,12,19,21,25,29H,2,9,11,13H2,1H3,(H,27,30)/t19-,21+/m0/s1. The van der Waals surface area contributed by atoms with Gasteiger partial charge in [0.1, 0.15) is 11.6 Å². The smallest absolute Gasteiger partial charge is 0.272 e. The number of hydrogen-bond donors (Lipinski definition) is 3. The number of aromatic nitrogens is 2. The summed E-state index contributed by atoms with van der Waals surface area (Å²) < 4.78 is 34.9. The van der Waals surface area contributed by atoms with Crippen LogP contribution < -0.4 is 10.6 Å². The van der Waals surface area contributed by atoms with Crippen LogP contribution in [-0.4, -0.2) is 38.5 Å². The average molecular weight is 447 g/mol. The Kier molecular flexibility index (Phi) is 8.16. The van der Waals surface area contributed by atoms with E-state index in [9.17, 15) is 18.7 Å². The molecule has 0 aliphatic heterocycles. The van der Waals surface area contributed by atoms with Crippen molar-refractivity contribution < 1.29 is 18.7 Å². The van der Waals surface area contributed by atoms with Gasteiger partial charge in [-0.1, -0.05) is 31.2 Å². The lowest BCUT2D eigenvalue weighted by molar-refractivity contribution is 0.0826. The SMILES string of the molecule is CCc1cccc(CNC[C@@H](O)[C@H](Cc2cc(F)cc(F)c2)NC(=O)c2cnsn2)c1. The van der Waals surface area contributed by atoms with Crippen LogP contribution >= 0.6 is 11.7 Å². The summed E-state index contributed by atoms with van der Waals surface area (Å²) in [6.07, 6.45) is 1.30. The van der Waals surface area contributed by atoms with E-state index in [1.54, 1.807) is 0 Å². The van der Waals surface area contributed by atoms with Gasteiger partial charge in [-0.25, -0.2) is 8.78 Å². The molecule has 2 aromatic carbocycles. The quantitative estimate of drug-likeness (QED) is 0.446. The lowest BCUT2D eigenvalue weighted by Crippen LogP contribution is -2.48. The van der Waals surface area contributed by atoms with Crippen LogP contribution in [0.25, 0.3) is 0 Å². The summed E-state index contributed by atoms with van der Waals surface area (Å²) in [4.78, 5) is 12.4. The number of carbonyl (C=O) groups excluding carboxylic acids is 1. The fourth-order valence-electron chi connectivity index (χ4n) is 3.24. The molecule has 1 amide bonds. The minimum Gasteiger partial charge on any atom is -0.390 e. The number of benzene rings is 2. The molecule has 1 aromatic heterocycles. The number of carbonyl (C=O) groups is 1.